The quantitative estimate of drug-likeness (QED) is 0.752. The summed E-state index contributed by atoms with van der Waals surface area (Å²) in [5.74, 6) is -0.151. The molecule has 0 aromatic carbocycles. The summed E-state index contributed by atoms with van der Waals surface area (Å²) in [6.45, 7) is 1.44. The number of esters is 1. The highest BCUT2D eigenvalue weighted by Crippen LogP contribution is 2.23. The molecule has 2 aliphatic heterocycles. The molecule has 2 rings (SSSR count). The number of likely N-dealkylation sites (tertiary alicyclic amines) is 1. The number of carbonyl (C=O) groups excluding carboxylic acids is 2. The standard InChI is InChI=1S/C14H24N2O4/c1-19-11-8-12(15-9-11)14(18)16-6-4-3-5-10(16)7-13(17)20-2/h10-12,15H,3-9H2,1-2H3. The zero-order valence-electron chi connectivity index (χ0n) is 12.3. The van der Waals surface area contributed by atoms with Crippen LogP contribution in [0.4, 0.5) is 0 Å². The van der Waals surface area contributed by atoms with Gasteiger partial charge in [-0.15, -0.1) is 0 Å². The fraction of sp³-hybridized carbons (Fsp3) is 0.857. The van der Waals surface area contributed by atoms with Crippen molar-refractivity contribution >= 4 is 11.9 Å². The first kappa shape index (κ1) is 15.3. The van der Waals surface area contributed by atoms with Crippen LogP contribution < -0.4 is 5.32 Å². The molecule has 0 spiro atoms. The summed E-state index contributed by atoms with van der Waals surface area (Å²) < 4.78 is 10.0. The summed E-state index contributed by atoms with van der Waals surface area (Å²) in [5, 5.41) is 3.21. The van der Waals surface area contributed by atoms with E-state index in [0.717, 1.165) is 25.8 Å². The Balaban J connectivity index is 1.96. The minimum Gasteiger partial charge on any atom is -0.469 e. The van der Waals surface area contributed by atoms with Crippen molar-refractivity contribution in [1.82, 2.24) is 10.2 Å². The smallest absolute Gasteiger partial charge is 0.307 e. The van der Waals surface area contributed by atoms with Gasteiger partial charge in [0.15, 0.2) is 0 Å². The molecule has 0 aromatic heterocycles. The van der Waals surface area contributed by atoms with Gasteiger partial charge >= 0.3 is 5.97 Å². The second-order valence-electron chi connectivity index (χ2n) is 5.52. The highest BCUT2D eigenvalue weighted by atomic mass is 16.5. The molecule has 0 saturated carbocycles. The molecule has 1 amide bonds. The Morgan fingerprint density at radius 3 is 2.75 bits per heavy atom. The van der Waals surface area contributed by atoms with Crippen molar-refractivity contribution in [3.63, 3.8) is 0 Å². The zero-order valence-corrected chi connectivity index (χ0v) is 12.3. The fourth-order valence-electron chi connectivity index (χ4n) is 3.05. The average Bonchev–Trinajstić information content (AvgIpc) is 2.96. The van der Waals surface area contributed by atoms with Gasteiger partial charge in [-0.2, -0.15) is 0 Å². The second-order valence-corrected chi connectivity index (χ2v) is 5.52. The SMILES string of the molecule is COC(=O)CC1CCCCN1C(=O)C1CC(OC)CN1. The molecule has 2 fully saturated rings. The second kappa shape index (κ2) is 7.04. The minimum absolute atomic E-state index is 0.0212. The Hall–Kier alpha value is -1.14. The van der Waals surface area contributed by atoms with Gasteiger partial charge in [0.1, 0.15) is 0 Å². The number of carbonyl (C=O) groups is 2. The Morgan fingerprint density at radius 2 is 2.10 bits per heavy atom. The van der Waals surface area contributed by atoms with Crippen LogP contribution in [0.2, 0.25) is 0 Å². The summed E-state index contributed by atoms with van der Waals surface area (Å²) in [7, 11) is 3.05. The monoisotopic (exact) mass is 284 g/mol. The third-order valence-electron chi connectivity index (χ3n) is 4.26. The fourth-order valence-corrected chi connectivity index (χ4v) is 3.05. The molecule has 20 heavy (non-hydrogen) atoms. The molecule has 1 N–H and O–H groups in total. The topological polar surface area (TPSA) is 67.9 Å². The van der Waals surface area contributed by atoms with Gasteiger partial charge in [-0.25, -0.2) is 0 Å². The Bertz CT molecular complexity index is 361. The maximum Gasteiger partial charge on any atom is 0.307 e. The summed E-state index contributed by atoms with van der Waals surface area (Å²) in [6, 6.07) is -0.203. The van der Waals surface area contributed by atoms with Gasteiger partial charge in [-0.1, -0.05) is 0 Å². The van der Waals surface area contributed by atoms with Gasteiger partial charge in [-0.05, 0) is 25.7 Å². The minimum atomic E-state index is -0.246. The first-order valence-electron chi connectivity index (χ1n) is 7.29. The van der Waals surface area contributed by atoms with Crippen LogP contribution in [-0.2, 0) is 19.1 Å². The number of amides is 1. The molecular formula is C14H24N2O4. The molecular weight excluding hydrogens is 260 g/mol. The number of rotatable bonds is 4. The van der Waals surface area contributed by atoms with Crippen LogP contribution in [0.15, 0.2) is 0 Å². The van der Waals surface area contributed by atoms with Crippen LogP contribution in [0.25, 0.3) is 0 Å². The molecule has 2 saturated heterocycles. The zero-order chi connectivity index (χ0) is 14.5. The highest BCUT2D eigenvalue weighted by Gasteiger charge is 2.36. The van der Waals surface area contributed by atoms with E-state index >= 15 is 0 Å². The largest absolute Gasteiger partial charge is 0.469 e. The summed E-state index contributed by atoms with van der Waals surface area (Å²) in [4.78, 5) is 25.9. The first-order chi connectivity index (χ1) is 9.65. The lowest BCUT2D eigenvalue weighted by Gasteiger charge is -2.36. The van der Waals surface area contributed by atoms with E-state index in [9.17, 15) is 9.59 Å². The van der Waals surface area contributed by atoms with Crippen LogP contribution in [-0.4, -0.2) is 62.3 Å². The number of nitrogens with one attached hydrogen (secondary N) is 1. The van der Waals surface area contributed by atoms with Gasteiger partial charge in [0.2, 0.25) is 5.91 Å². The van der Waals surface area contributed by atoms with Crippen molar-refractivity contribution in [1.29, 1.82) is 0 Å². The molecule has 0 aliphatic carbocycles. The molecule has 0 aromatic rings. The summed E-state index contributed by atoms with van der Waals surface area (Å²) in [6.07, 6.45) is 4.04. The van der Waals surface area contributed by atoms with Crippen molar-refractivity contribution in [2.24, 2.45) is 0 Å². The van der Waals surface area contributed by atoms with Crippen molar-refractivity contribution in [3.8, 4) is 0 Å². The number of hydrogen-bond acceptors (Lipinski definition) is 5. The van der Waals surface area contributed by atoms with Gasteiger partial charge in [0, 0.05) is 26.2 Å². The molecule has 6 heteroatoms. The van der Waals surface area contributed by atoms with Crippen molar-refractivity contribution in [2.75, 3.05) is 27.3 Å². The van der Waals surface area contributed by atoms with E-state index in [0.29, 0.717) is 19.4 Å². The van der Waals surface area contributed by atoms with E-state index in [1.165, 1.54) is 7.11 Å². The lowest BCUT2D eigenvalue weighted by molar-refractivity contribution is -0.145. The number of methoxy groups -OCH3 is 2. The molecule has 2 aliphatic rings. The van der Waals surface area contributed by atoms with Gasteiger partial charge < -0.3 is 19.7 Å². The predicted octanol–water partition coefficient (Wildman–Crippen LogP) is 0.308. The molecule has 114 valence electrons. The van der Waals surface area contributed by atoms with Gasteiger partial charge in [0.05, 0.1) is 25.7 Å². The number of nitrogens with zero attached hydrogens (tertiary/aromatic N) is 1. The maximum absolute atomic E-state index is 12.6. The Kier molecular flexibility index (Phi) is 5.37. The molecule has 0 radical (unpaired) electrons. The predicted molar refractivity (Wildman–Crippen MR) is 73.2 cm³/mol. The van der Waals surface area contributed by atoms with E-state index in [1.54, 1.807) is 7.11 Å². The van der Waals surface area contributed by atoms with Crippen LogP contribution in [0.1, 0.15) is 32.1 Å². The van der Waals surface area contributed by atoms with Crippen LogP contribution in [0.3, 0.4) is 0 Å². The lowest BCUT2D eigenvalue weighted by Crippen LogP contribution is -2.51. The third kappa shape index (κ3) is 3.49. The van der Waals surface area contributed by atoms with Crippen LogP contribution in [0, 0.1) is 0 Å². The van der Waals surface area contributed by atoms with E-state index in [4.69, 9.17) is 9.47 Å². The third-order valence-corrected chi connectivity index (χ3v) is 4.26. The van der Waals surface area contributed by atoms with Crippen LogP contribution >= 0.6 is 0 Å². The summed E-state index contributed by atoms with van der Waals surface area (Å²) in [5.41, 5.74) is 0. The van der Waals surface area contributed by atoms with Gasteiger partial charge in [-0.3, -0.25) is 9.59 Å². The lowest BCUT2D eigenvalue weighted by atomic mass is 9.98. The number of piperidine rings is 1. The molecule has 0 bridgehead atoms. The highest BCUT2D eigenvalue weighted by molar-refractivity contribution is 5.83. The number of hydrogen-bond donors (Lipinski definition) is 1. The molecule has 3 unspecified atom stereocenters. The average molecular weight is 284 g/mol. The maximum atomic E-state index is 12.6. The van der Waals surface area contributed by atoms with E-state index in [-0.39, 0.29) is 30.1 Å². The Labute approximate surface area is 119 Å². The molecule has 2 heterocycles. The molecule has 6 nitrogen and oxygen atoms in total. The van der Waals surface area contributed by atoms with E-state index in [2.05, 4.69) is 5.32 Å². The normalized spacial score (nSPS) is 30.3. The van der Waals surface area contributed by atoms with Crippen molar-refractivity contribution in [2.45, 2.75) is 50.3 Å². The van der Waals surface area contributed by atoms with E-state index in [1.807, 2.05) is 4.90 Å². The van der Waals surface area contributed by atoms with Crippen molar-refractivity contribution < 1.29 is 19.1 Å². The van der Waals surface area contributed by atoms with Crippen LogP contribution in [0.5, 0.6) is 0 Å². The molecule has 3 atom stereocenters. The first-order valence-corrected chi connectivity index (χ1v) is 7.29. The number of ether oxygens (including phenoxy) is 2. The van der Waals surface area contributed by atoms with Gasteiger partial charge in [0.25, 0.3) is 0 Å². The van der Waals surface area contributed by atoms with Crippen molar-refractivity contribution in [3.05, 3.63) is 0 Å². The summed E-state index contributed by atoms with van der Waals surface area (Å²) >= 11 is 0. The Morgan fingerprint density at radius 1 is 1.30 bits per heavy atom. The van der Waals surface area contributed by atoms with E-state index < -0.39 is 0 Å².